The molecule has 33 heavy (non-hydrogen) atoms. The smallest absolute Gasteiger partial charge is 0.230 e. The molecule has 3 aromatic rings. The summed E-state index contributed by atoms with van der Waals surface area (Å²) in [5.41, 5.74) is 2.99. The average molecular weight is 504 g/mol. The molecule has 0 aliphatic carbocycles. The molecule has 9 heteroatoms. The van der Waals surface area contributed by atoms with Crippen LogP contribution in [-0.4, -0.2) is 30.5 Å². The van der Waals surface area contributed by atoms with Gasteiger partial charge in [-0.15, -0.1) is 11.3 Å². The van der Waals surface area contributed by atoms with Crippen LogP contribution in [0.15, 0.2) is 53.4 Å². The first-order chi connectivity index (χ1) is 15.6. The predicted molar refractivity (Wildman–Crippen MR) is 132 cm³/mol. The van der Waals surface area contributed by atoms with E-state index in [0.29, 0.717) is 11.0 Å². The average Bonchev–Trinajstić information content (AvgIpc) is 3.25. The van der Waals surface area contributed by atoms with Gasteiger partial charge in [0.2, 0.25) is 5.91 Å². The molecule has 1 unspecified atom stereocenters. The molecule has 0 saturated carbocycles. The van der Waals surface area contributed by atoms with E-state index in [1.54, 1.807) is 12.1 Å². The van der Waals surface area contributed by atoms with Gasteiger partial charge in [-0.25, -0.2) is 13.4 Å². The van der Waals surface area contributed by atoms with Crippen molar-refractivity contribution in [3.05, 3.63) is 75.3 Å². The molecule has 1 amide bonds. The number of hydrogen-bond acceptors (Lipinski definition) is 6. The maximum atomic E-state index is 12.6. The Morgan fingerprint density at radius 1 is 1.15 bits per heavy atom. The molecular formula is C24H26ClN3O3S2. The van der Waals surface area contributed by atoms with Gasteiger partial charge in [-0.3, -0.25) is 9.69 Å². The Hall–Kier alpha value is -2.26. The van der Waals surface area contributed by atoms with Crippen LogP contribution in [-0.2, 0) is 34.1 Å². The van der Waals surface area contributed by atoms with Crippen LogP contribution in [0.2, 0.25) is 5.02 Å². The molecule has 6 nitrogen and oxygen atoms in total. The van der Waals surface area contributed by atoms with E-state index in [0.717, 1.165) is 35.6 Å². The van der Waals surface area contributed by atoms with E-state index in [4.69, 9.17) is 16.6 Å². The van der Waals surface area contributed by atoms with Crippen molar-refractivity contribution in [1.29, 1.82) is 0 Å². The van der Waals surface area contributed by atoms with Crippen molar-refractivity contribution in [3.63, 3.8) is 0 Å². The largest absolute Gasteiger partial charge is 0.302 e. The fraction of sp³-hybridized carbons (Fsp3) is 0.333. The second-order valence-electron chi connectivity index (χ2n) is 8.69. The first-order valence-corrected chi connectivity index (χ1v) is 13.8. The quantitative estimate of drug-likeness (QED) is 0.485. The third kappa shape index (κ3) is 5.63. The molecule has 1 atom stereocenters. The fourth-order valence-electron chi connectivity index (χ4n) is 4.14. The van der Waals surface area contributed by atoms with Crippen molar-refractivity contribution < 1.29 is 13.2 Å². The van der Waals surface area contributed by atoms with E-state index in [1.807, 2.05) is 24.3 Å². The van der Waals surface area contributed by atoms with Crippen LogP contribution in [0.1, 0.15) is 41.6 Å². The topological polar surface area (TPSA) is 79.4 Å². The first kappa shape index (κ1) is 23.9. The van der Waals surface area contributed by atoms with Crippen LogP contribution in [0.25, 0.3) is 0 Å². The van der Waals surface area contributed by atoms with Crippen LogP contribution in [0.5, 0.6) is 0 Å². The number of fused-ring (bicyclic) bond motifs is 1. The molecular weight excluding hydrogens is 478 g/mol. The number of sulfone groups is 1. The molecule has 174 valence electrons. The maximum Gasteiger partial charge on any atom is 0.230 e. The number of aromatic nitrogens is 1. The van der Waals surface area contributed by atoms with Crippen LogP contribution >= 0.6 is 22.9 Å². The molecule has 0 fully saturated rings. The van der Waals surface area contributed by atoms with Crippen molar-refractivity contribution in [2.24, 2.45) is 5.92 Å². The summed E-state index contributed by atoms with van der Waals surface area (Å²) in [7, 11) is -3.25. The van der Waals surface area contributed by atoms with Crippen LogP contribution in [0.4, 0.5) is 5.13 Å². The number of carbonyl (C=O) groups excluding carboxylic acids is 1. The summed E-state index contributed by atoms with van der Waals surface area (Å²) < 4.78 is 23.2. The molecule has 2 aromatic carbocycles. The molecule has 1 N–H and O–H groups in total. The Bertz CT molecular complexity index is 1250. The highest BCUT2D eigenvalue weighted by atomic mass is 35.5. The summed E-state index contributed by atoms with van der Waals surface area (Å²) in [5.74, 6) is 0.200. The summed E-state index contributed by atoms with van der Waals surface area (Å²) >= 11 is 7.54. The highest BCUT2D eigenvalue weighted by Gasteiger charge is 2.36. The normalized spacial score (nSPS) is 16.2. The maximum absolute atomic E-state index is 12.6. The van der Waals surface area contributed by atoms with Crippen LogP contribution < -0.4 is 5.32 Å². The number of amides is 1. The lowest BCUT2D eigenvalue weighted by atomic mass is 10.0. The van der Waals surface area contributed by atoms with E-state index >= 15 is 0 Å². The van der Waals surface area contributed by atoms with E-state index < -0.39 is 9.84 Å². The Morgan fingerprint density at radius 2 is 1.79 bits per heavy atom. The van der Waals surface area contributed by atoms with Crippen LogP contribution in [0, 0.1) is 5.92 Å². The van der Waals surface area contributed by atoms with Gasteiger partial charge in [0, 0.05) is 29.2 Å². The molecule has 0 radical (unpaired) electrons. The number of thiazole rings is 1. The lowest BCUT2D eigenvalue weighted by Crippen LogP contribution is -2.26. The molecule has 4 rings (SSSR count). The molecule has 0 spiro atoms. The van der Waals surface area contributed by atoms with Gasteiger partial charge in [0.25, 0.3) is 0 Å². The highest BCUT2D eigenvalue weighted by molar-refractivity contribution is 7.90. The Kier molecular flexibility index (Phi) is 6.91. The number of halogens is 1. The number of anilines is 1. The minimum absolute atomic E-state index is 0.157. The molecule has 1 aromatic heterocycles. The second-order valence-corrected chi connectivity index (χ2v) is 12.2. The standard InChI is InChI=1S/C24H26ClN3O3S2/c1-15(2)23-22-20(14-28(23)13-17-4-8-18(25)9-5-17)32-24(27-22)26-21(29)12-16-6-10-19(11-7-16)33(3,30)31/h4-11,15,23H,12-14H2,1-3H3,(H,26,27,29). The number of hydrogen-bond donors (Lipinski definition) is 1. The number of rotatable bonds is 7. The predicted octanol–water partition coefficient (Wildman–Crippen LogP) is 5.09. The Labute approximate surface area is 203 Å². The van der Waals surface area contributed by atoms with Gasteiger partial charge in [0.1, 0.15) is 0 Å². The van der Waals surface area contributed by atoms with Crippen molar-refractivity contribution in [3.8, 4) is 0 Å². The van der Waals surface area contributed by atoms with E-state index in [2.05, 4.69) is 24.1 Å². The van der Waals surface area contributed by atoms with E-state index in [-0.39, 0.29) is 23.3 Å². The highest BCUT2D eigenvalue weighted by Crippen LogP contribution is 2.43. The van der Waals surface area contributed by atoms with Crippen molar-refractivity contribution in [2.45, 2.75) is 44.3 Å². The van der Waals surface area contributed by atoms with Gasteiger partial charge < -0.3 is 5.32 Å². The number of carbonyl (C=O) groups is 1. The number of nitrogens with one attached hydrogen (secondary N) is 1. The fourth-order valence-corrected chi connectivity index (χ4v) is 5.94. The Balaban J connectivity index is 1.42. The van der Waals surface area contributed by atoms with Gasteiger partial charge in [0.05, 0.1) is 23.1 Å². The summed E-state index contributed by atoms with van der Waals surface area (Å²) in [6.45, 7) is 5.98. The van der Waals surface area contributed by atoms with Gasteiger partial charge in [0.15, 0.2) is 15.0 Å². The van der Waals surface area contributed by atoms with Gasteiger partial charge in [-0.1, -0.05) is 49.7 Å². The zero-order chi connectivity index (χ0) is 23.8. The SMILES string of the molecule is CC(C)C1c2nc(NC(=O)Cc3ccc(S(C)(=O)=O)cc3)sc2CN1Cc1ccc(Cl)cc1. The number of nitrogens with zero attached hydrogens (tertiary/aromatic N) is 2. The molecule has 0 saturated heterocycles. The molecule has 1 aliphatic heterocycles. The molecule has 1 aliphatic rings. The third-order valence-electron chi connectivity index (χ3n) is 5.64. The minimum atomic E-state index is -3.25. The molecule has 2 heterocycles. The van der Waals surface area contributed by atoms with Crippen LogP contribution in [0.3, 0.4) is 0 Å². The number of benzene rings is 2. The second kappa shape index (κ2) is 9.54. The Morgan fingerprint density at radius 3 is 2.39 bits per heavy atom. The van der Waals surface area contributed by atoms with Gasteiger partial charge >= 0.3 is 0 Å². The lowest BCUT2D eigenvalue weighted by Gasteiger charge is -2.27. The zero-order valence-corrected chi connectivity index (χ0v) is 21.1. The summed E-state index contributed by atoms with van der Waals surface area (Å²) in [5, 5.41) is 4.25. The van der Waals surface area contributed by atoms with Crippen molar-refractivity contribution >= 4 is 43.8 Å². The van der Waals surface area contributed by atoms with E-state index in [1.165, 1.54) is 33.9 Å². The zero-order valence-electron chi connectivity index (χ0n) is 18.7. The minimum Gasteiger partial charge on any atom is -0.302 e. The summed E-state index contributed by atoms with van der Waals surface area (Å²) in [6.07, 6.45) is 1.32. The third-order valence-corrected chi connectivity index (χ3v) is 7.99. The monoisotopic (exact) mass is 503 g/mol. The van der Waals surface area contributed by atoms with Crippen molar-refractivity contribution in [2.75, 3.05) is 11.6 Å². The summed E-state index contributed by atoms with van der Waals surface area (Å²) in [6, 6.07) is 14.5. The first-order valence-electron chi connectivity index (χ1n) is 10.7. The van der Waals surface area contributed by atoms with Crippen molar-refractivity contribution in [1.82, 2.24) is 9.88 Å². The molecule has 0 bridgehead atoms. The van der Waals surface area contributed by atoms with E-state index in [9.17, 15) is 13.2 Å². The summed E-state index contributed by atoms with van der Waals surface area (Å²) in [4.78, 5) is 21.2. The van der Waals surface area contributed by atoms with Gasteiger partial charge in [-0.05, 0) is 41.3 Å². The van der Waals surface area contributed by atoms with Gasteiger partial charge in [-0.2, -0.15) is 0 Å². The lowest BCUT2D eigenvalue weighted by molar-refractivity contribution is -0.115.